The van der Waals surface area contributed by atoms with Gasteiger partial charge in [-0.05, 0) is 25.5 Å². The van der Waals surface area contributed by atoms with Crippen LogP contribution in [0.3, 0.4) is 0 Å². The molecule has 0 aliphatic carbocycles. The van der Waals surface area contributed by atoms with Crippen molar-refractivity contribution in [2.45, 2.75) is 19.8 Å². The number of carbonyl (C=O) groups is 4. The normalized spacial score (nSPS) is 17.0. The summed E-state index contributed by atoms with van der Waals surface area (Å²) in [4.78, 5) is 53.5. The van der Waals surface area contributed by atoms with Gasteiger partial charge in [0.25, 0.3) is 11.8 Å². The molecule has 3 rings (SSSR count). The third kappa shape index (κ3) is 3.94. The minimum absolute atomic E-state index is 0.0588. The topological polar surface area (TPSA) is 87.2 Å². The van der Waals surface area contributed by atoms with E-state index < -0.39 is 0 Å². The van der Waals surface area contributed by atoms with E-state index in [-0.39, 0.29) is 36.8 Å². The molecule has 0 spiro atoms. The molecule has 1 aromatic carbocycles. The minimum Gasteiger partial charge on any atom is -0.450 e. The zero-order valence-corrected chi connectivity index (χ0v) is 15.3. The number of imide groups is 1. The van der Waals surface area contributed by atoms with Gasteiger partial charge in [0, 0.05) is 39.1 Å². The van der Waals surface area contributed by atoms with Gasteiger partial charge in [-0.3, -0.25) is 19.3 Å². The summed E-state index contributed by atoms with van der Waals surface area (Å²) < 4.78 is 5.00. The van der Waals surface area contributed by atoms with Crippen molar-refractivity contribution in [2.75, 3.05) is 39.3 Å². The predicted molar refractivity (Wildman–Crippen MR) is 96.2 cm³/mol. The molecule has 0 N–H and O–H groups in total. The molecule has 4 amide bonds. The van der Waals surface area contributed by atoms with E-state index in [0.29, 0.717) is 50.3 Å². The Morgan fingerprint density at radius 2 is 1.56 bits per heavy atom. The standard InChI is InChI=1S/C19H23N3O5/c1-2-27-19(26)21-10-5-9-20(12-13-21)16(23)8-11-22-17(24)14-6-3-4-7-15(14)18(22)25/h3-4,6-7H,2,5,8-13H2,1H3. The lowest BCUT2D eigenvalue weighted by Gasteiger charge is -2.22. The number of carbonyl (C=O) groups excluding carboxylic acids is 4. The molecule has 27 heavy (non-hydrogen) atoms. The van der Waals surface area contributed by atoms with Crippen molar-refractivity contribution in [3.8, 4) is 0 Å². The summed E-state index contributed by atoms with van der Waals surface area (Å²) in [5.41, 5.74) is 0.768. The van der Waals surface area contributed by atoms with Crippen LogP contribution in [0.4, 0.5) is 4.79 Å². The Kier molecular flexibility index (Phi) is 5.73. The smallest absolute Gasteiger partial charge is 0.409 e. The van der Waals surface area contributed by atoms with E-state index in [0.717, 1.165) is 4.90 Å². The fraction of sp³-hybridized carbons (Fsp3) is 0.474. The molecule has 8 heteroatoms. The molecule has 1 fully saturated rings. The van der Waals surface area contributed by atoms with Crippen molar-refractivity contribution in [3.63, 3.8) is 0 Å². The first-order valence-electron chi connectivity index (χ1n) is 9.17. The van der Waals surface area contributed by atoms with Crippen molar-refractivity contribution in [1.82, 2.24) is 14.7 Å². The highest BCUT2D eigenvalue weighted by atomic mass is 16.6. The largest absolute Gasteiger partial charge is 0.450 e. The van der Waals surface area contributed by atoms with E-state index >= 15 is 0 Å². The Hall–Kier alpha value is -2.90. The fourth-order valence-electron chi connectivity index (χ4n) is 3.37. The van der Waals surface area contributed by atoms with Gasteiger partial charge in [0.2, 0.25) is 5.91 Å². The fourth-order valence-corrected chi connectivity index (χ4v) is 3.37. The van der Waals surface area contributed by atoms with Crippen LogP contribution in [0.1, 0.15) is 40.5 Å². The van der Waals surface area contributed by atoms with Gasteiger partial charge in [0.1, 0.15) is 0 Å². The molecule has 0 bridgehead atoms. The van der Waals surface area contributed by atoms with Gasteiger partial charge >= 0.3 is 6.09 Å². The van der Waals surface area contributed by atoms with Crippen LogP contribution in [0, 0.1) is 0 Å². The highest BCUT2D eigenvalue weighted by Crippen LogP contribution is 2.22. The summed E-state index contributed by atoms with van der Waals surface area (Å²) in [7, 11) is 0. The number of hydrogen-bond donors (Lipinski definition) is 0. The number of ether oxygens (including phenoxy) is 1. The number of benzene rings is 1. The molecule has 0 atom stereocenters. The summed E-state index contributed by atoms with van der Waals surface area (Å²) in [6.45, 7) is 4.04. The second kappa shape index (κ2) is 8.20. The molecule has 1 aromatic rings. The van der Waals surface area contributed by atoms with E-state index in [1.807, 2.05) is 0 Å². The van der Waals surface area contributed by atoms with Crippen LogP contribution >= 0.6 is 0 Å². The van der Waals surface area contributed by atoms with Crippen molar-refractivity contribution in [3.05, 3.63) is 35.4 Å². The summed E-state index contributed by atoms with van der Waals surface area (Å²) >= 11 is 0. The molecule has 144 valence electrons. The SMILES string of the molecule is CCOC(=O)N1CCCN(C(=O)CCN2C(=O)c3ccccc3C2=O)CC1. The molecule has 0 unspecified atom stereocenters. The Labute approximate surface area is 157 Å². The number of rotatable bonds is 4. The van der Waals surface area contributed by atoms with E-state index in [4.69, 9.17) is 4.74 Å². The average Bonchev–Trinajstić information content (AvgIpc) is 2.85. The third-order valence-electron chi connectivity index (χ3n) is 4.80. The zero-order chi connectivity index (χ0) is 19.4. The predicted octanol–water partition coefficient (Wildman–Crippen LogP) is 1.36. The first-order chi connectivity index (χ1) is 13.0. The third-order valence-corrected chi connectivity index (χ3v) is 4.80. The van der Waals surface area contributed by atoms with E-state index in [2.05, 4.69) is 0 Å². The number of nitrogens with zero attached hydrogens (tertiary/aromatic N) is 3. The van der Waals surface area contributed by atoms with Crippen LogP contribution in [0.2, 0.25) is 0 Å². The first-order valence-corrected chi connectivity index (χ1v) is 9.17. The molecular formula is C19H23N3O5. The maximum atomic E-state index is 12.5. The van der Waals surface area contributed by atoms with E-state index in [1.54, 1.807) is 41.0 Å². The van der Waals surface area contributed by atoms with Gasteiger partial charge in [0.05, 0.1) is 17.7 Å². The van der Waals surface area contributed by atoms with Crippen molar-refractivity contribution < 1.29 is 23.9 Å². The Bertz CT molecular complexity index is 728. The van der Waals surface area contributed by atoms with Crippen LogP contribution in [0.15, 0.2) is 24.3 Å². The van der Waals surface area contributed by atoms with Crippen molar-refractivity contribution in [2.24, 2.45) is 0 Å². The van der Waals surface area contributed by atoms with Crippen LogP contribution in [0.25, 0.3) is 0 Å². The number of hydrogen-bond acceptors (Lipinski definition) is 5. The molecule has 0 saturated carbocycles. The molecule has 2 aliphatic heterocycles. The molecule has 8 nitrogen and oxygen atoms in total. The van der Waals surface area contributed by atoms with Gasteiger partial charge in [-0.1, -0.05) is 12.1 Å². The van der Waals surface area contributed by atoms with Gasteiger partial charge in [-0.2, -0.15) is 0 Å². The zero-order valence-electron chi connectivity index (χ0n) is 15.3. The number of fused-ring (bicyclic) bond motifs is 1. The monoisotopic (exact) mass is 373 g/mol. The number of amides is 4. The molecule has 2 aliphatic rings. The Balaban J connectivity index is 1.54. The van der Waals surface area contributed by atoms with Gasteiger partial charge < -0.3 is 14.5 Å². The van der Waals surface area contributed by atoms with Crippen LogP contribution < -0.4 is 0 Å². The van der Waals surface area contributed by atoms with Crippen molar-refractivity contribution in [1.29, 1.82) is 0 Å². The molecular weight excluding hydrogens is 350 g/mol. The van der Waals surface area contributed by atoms with Crippen LogP contribution in [-0.2, 0) is 9.53 Å². The lowest BCUT2D eigenvalue weighted by Crippen LogP contribution is -2.39. The van der Waals surface area contributed by atoms with E-state index in [1.165, 1.54) is 0 Å². The second-order valence-corrected chi connectivity index (χ2v) is 6.48. The van der Waals surface area contributed by atoms with Gasteiger partial charge in [-0.15, -0.1) is 0 Å². The molecule has 1 saturated heterocycles. The second-order valence-electron chi connectivity index (χ2n) is 6.48. The molecule has 0 aromatic heterocycles. The van der Waals surface area contributed by atoms with Crippen LogP contribution in [-0.4, -0.2) is 77.8 Å². The Morgan fingerprint density at radius 3 is 2.19 bits per heavy atom. The molecule has 2 heterocycles. The maximum absolute atomic E-state index is 12.5. The Morgan fingerprint density at radius 1 is 0.963 bits per heavy atom. The first kappa shape index (κ1) is 18.9. The minimum atomic E-state index is -0.363. The summed E-state index contributed by atoms with van der Waals surface area (Å²) in [6, 6.07) is 6.67. The lowest BCUT2D eigenvalue weighted by atomic mass is 10.1. The average molecular weight is 373 g/mol. The quantitative estimate of drug-likeness (QED) is 0.744. The summed E-state index contributed by atoms with van der Waals surface area (Å²) in [5, 5.41) is 0. The van der Waals surface area contributed by atoms with E-state index in [9.17, 15) is 19.2 Å². The maximum Gasteiger partial charge on any atom is 0.409 e. The van der Waals surface area contributed by atoms with Gasteiger partial charge in [-0.25, -0.2) is 4.79 Å². The highest BCUT2D eigenvalue weighted by Gasteiger charge is 2.35. The molecule has 0 radical (unpaired) electrons. The lowest BCUT2D eigenvalue weighted by molar-refractivity contribution is -0.131. The van der Waals surface area contributed by atoms with Gasteiger partial charge in [0.15, 0.2) is 0 Å². The summed E-state index contributed by atoms with van der Waals surface area (Å²) in [6.07, 6.45) is 0.375. The summed E-state index contributed by atoms with van der Waals surface area (Å²) in [5.74, 6) is -0.835. The van der Waals surface area contributed by atoms with Crippen LogP contribution in [0.5, 0.6) is 0 Å². The highest BCUT2D eigenvalue weighted by molar-refractivity contribution is 6.21. The van der Waals surface area contributed by atoms with Crippen molar-refractivity contribution >= 4 is 23.8 Å².